The standard InChI is InChI=1S/C10H16O2/c1-6(2)7-4-9-10(3,12-9)5-8(7)11/h6-7,9H,4-5H2,1-3H3. The van der Waals surface area contributed by atoms with Crippen LogP contribution in [0.1, 0.15) is 33.6 Å². The van der Waals surface area contributed by atoms with Gasteiger partial charge >= 0.3 is 0 Å². The first kappa shape index (κ1) is 8.24. The second-order valence-corrected chi connectivity index (χ2v) is 4.65. The Morgan fingerprint density at radius 1 is 1.58 bits per heavy atom. The van der Waals surface area contributed by atoms with Crippen LogP contribution in [0.2, 0.25) is 0 Å². The Balaban J connectivity index is 2.08. The van der Waals surface area contributed by atoms with Crippen molar-refractivity contribution < 1.29 is 9.53 Å². The number of Topliss-reactive ketones (excluding diaryl/α,β-unsaturated/α-hetero) is 1. The predicted molar refractivity (Wildman–Crippen MR) is 45.8 cm³/mol. The van der Waals surface area contributed by atoms with E-state index in [9.17, 15) is 4.79 Å². The molecule has 1 aliphatic heterocycles. The van der Waals surface area contributed by atoms with Gasteiger partial charge in [0.1, 0.15) is 5.78 Å². The number of hydrogen-bond donors (Lipinski definition) is 0. The summed E-state index contributed by atoms with van der Waals surface area (Å²) in [6.45, 7) is 6.29. The normalized spacial score (nSPS) is 46.2. The topological polar surface area (TPSA) is 29.6 Å². The van der Waals surface area contributed by atoms with Crippen LogP contribution in [0.15, 0.2) is 0 Å². The summed E-state index contributed by atoms with van der Waals surface area (Å²) in [5.41, 5.74) is -0.0670. The number of carbonyl (C=O) groups is 1. The minimum absolute atomic E-state index is 0.0670. The van der Waals surface area contributed by atoms with Gasteiger partial charge in [-0.1, -0.05) is 13.8 Å². The van der Waals surface area contributed by atoms with E-state index in [1.807, 2.05) is 6.92 Å². The zero-order chi connectivity index (χ0) is 8.93. The summed E-state index contributed by atoms with van der Waals surface area (Å²) in [7, 11) is 0. The smallest absolute Gasteiger partial charge is 0.139 e. The van der Waals surface area contributed by atoms with E-state index in [1.54, 1.807) is 0 Å². The van der Waals surface area contributed by atoms with Crippen molar-refractivity contribution in [3.8, 4) is 0 Å². The van der Waals surface area contributed by atoms with Crippen molar-refractivity contribution in [3.63, 3.8) is 0 Å². The van der Waals surface area contributed by atoms with E-state index in [0.29, 0.717) is 24.2 Å². The zero-order valence-electron chi connectivity index (χ0n) is 7.96. The van der Waals surface area contributed by atoms with Gasteiger partial charge in [0.15, 0.2) is 0 Å². The lowest BCUT2D eigenvalue weighted by Gasteiger charge is -2.23. The lowest BCUT2D eigenvalue weighted by atomic mass is 9.77. The van der Waals surface area contributed by atoms with Crippen LogP contribution in [0, 0.1) is 11.8 Å². The van der Waals surface area contributed by atoms with Crippen molar-refractivity contribution in [2.24, 2.45) is 11.8 Å². The molecule has 0 radical (unpaired) electrons. The van der Waals surface area contributed by atoms with Gasteiger partial charge in [0, 0.05) is 12.3 Å². The first-order valence-electron chi connectivity index (χ1n) is 4.73. The van der Waals surface area contributed by atoms with Crippen LogP contribution in [0.25, 0.3) is 0 Å². The fraction of sp³-hybridized carbons (Fsp3) is 0.900. The first-order chi connectivity index (χ1) is 5.53. The molecule has 2 fully saturated rings. The number of fused-ring (bicyclic) bond motifs is 1. The number of hydrogen-bond acceptors (Lipinski definition) is 2. The molecule has 1 aliphatic carbocycles. The van der Waals surface area contributed by atoms with E-state index in [0.717, 1.165) is 6.42 Å². The SMILES string of the molecule is CC(C)C1CC2OC2(C)CC1=O. The maximum Gasteiger partial charge on any atom is 0.139 e. The number of carbonyl (C=O) groups excluding carboxylic acids is 1. The second kappa shape index (κ2) is 2.32. The van der Waals surface area contributed by atoms with Crippen LogP contribution in [-0.4, -0.2) is 17.5 Å². The van der Waals surface area contributed by atoms with Gasteiger partial charge < -0.3 is 4.74 Å². The zero-order valence-corrected chi connectivity index (χ0v) is 7.96. The molecule has 0 aromatic carbocycles. The van der Waals surface area contributed by atoms with Gasteiger partial charge in [-0.3, -0.25) is 4.79 Å². The van der Waals surface area contributed by atoms with Crippen molar-refractivity contribution in [2.45, 2.75) is 45.3 Å². The van der Waals surface area contributed by atoms with Gasteiger partial charge in [-0.05, 0) is 19.3 Å². The molecule has 0 bridgehead atoms. The molecule has 12 heavy (non-hydrogen) atoms. The highest BCUT2D eigenvalue weighted by Crippen LogP contribution is 2.49. The molecule has 2 heteroatoms. The molecular weight excluding hydrogens is 152 g/mol. The molecule has 0 aromatic rings. The molecule has 0 amide bonds. The van der Waals surface area contributed by atoms with Crippen molar-refractivity contribution in [3.05, 3.63) is 0 Å². The van der Waals surface area contributed by atoms with Crippen molar-refractivity contribution in [1.29, 1.82) is 0 Å². The third-order valence-corrected chi connectivity index (χ3v) is 3.25. The van der Waals surface area contributed by atoms with E-state index in [2.05, 4.69) is 13.8 Å². The number of epoxide rings is 1. The minimum atomic E-state index is -0.0670. The molecule has 2 rings (SSSR count). The maximum atomic E-state index is 11.6. The Kier molecular flexibility index (Phi) is 1.59. The van der Waals surface area contributed by atoms with E-state index < -0.39 is 0 Å². The fourth-order valence-electron chi connectivity index (χ4n) is 2.23. The highest BCUT2D eigenvalue weighted by atomic mass is 16.6. The fourth-order valence-corrected chi connectivity index (χ4v) is 2.23. The molecule has 0 spiro atoms. The maximum absolute atomic E-state index is 11.6. The molecular formula is C10H16O2. The summed E-state index contributed by atoms with van der Waals surface area (Å²) in [6, 6.07) is 0. The molecule has 68 valence electrons. The third-order valence-electron chi connectivity index (χ3n) is 3.25. The van der Waals surface area contributed by atoms with Gasteiger partial charge in [0.25, 0.3) is 0 Å². The molecule has 1 heterocycles. The molecule has 2 aliphatic rings. The molecule has 2 nitrogen and oxygen atoms in total. The van der Waals surface area contributed by atoms with Gasteiger partial charge in [0.05, 0.1) is 11.7 Å². The van der Waals surface area contributed by atoms with E-state index in [1.165, 1.54) is 0 Å². The van der Waals surface area contributed by atoms with Crippen LogP contribution in [0.5, 0.6) is 0 Å². The van der Waals surface area contributed by atoms with Gasteiger partial charge in [-0.2, -0.15) is 0 Å². The van der Waals surface area contributed by atoms with Crippen LogP contribution < -0.4 is 0 Å². The predicted octanol–water partition coefficient (Wildman–Crippen LogP) is 1.78. The van der Waals surface area contributed by atoms with E-state index in [4.69, 9.17) is 4.74 Å². The molecule has 3 atom stereocenters. The second-order valence-electron chi connectivity index (χ2n) is 4.65. The quantitative estimate of drug-likeness (QED) is 0.558. The Labute approximate surface area is 73.3 Å². The van der Waals surface area contributed by atoms with Crippen LogP contribution >= 0.6 is 0 Å². The van der Waals surface area contributed by atoms with Crippen molar-refractivity contribution >= 4 is 5.78 Å². The summed E-state index contributed by atoms with van der Waals surface area (Å²) in [6.07, 6.45) is 1.97. The summed E-state index contributed by atoms with van der Waals surface area (Å²) in [4.78, 5) is 11.6. The highest BCUT2D eigenvalue weighted by molar-refractivity contribution is 5.84. The Hall–Kier alpha value is -0.370. The van der Waals surface area contributed by atoms with Crippen molar-refractivity contribution in [2.75, 3.05) is 0 Å². The average Bonchev–Trinajstić information content (AvgIpc) is 2.56. The Bertz CT molecular complexity index is 222. The Morgan fingerprint density at radius 2 is 2.25 bits per heavy atom. The third kappa shape index (κ3) is 1.09. The Morgan fingerprint density at radius 3 is 2.83 bits per heavy atom. The van der Waals surface area contributed by atoms with E-state index in [-0.39, 0.29) is 11.5 Å². The summed E-state index contributed by atoms with van der Waals surface area (Å²) in [5, 5.41) is 0. The van der Waals surface area contributed by atoms with Crippen LogP contribution in [0.3, 0.4) is 0 Å². The lowest BCUT2D eigenvalue weighted by molar-refractivity contribution is -0.126. The monoisotopic (exact) mass is 168 g/mol. The molecule has 1 saturated carbocycles. The van der Waals surface area contributed by atoms with Gasteiger partial charge in [-0.15, -0.1) is 0 Å². The van der Waals surface area contributed by atoms with Gasteiger partial charge in [-0.25, -0.2) is 0 Å². The molecule has 1 saturated heterocycles. The number of rotatable bonds is 1. The molecule has 3 unspecified atom stereocenters. The van der Waals surface area contributed by atoms with Crippen molar-refractivity contribution in [1.82, 2.24) is 0 Å². The lowest BCUT2D eigenvalue weighted by Crippen LogP contribution is -2.32. The van der Waals surface area contributed by atoms with Crippen LogP contribution in [0.4, 0.5) is 0 Å². The minimum Gasteiger partial charge on any atom is -0.366 e. The van der Waals surface area contributed by atoms with Gasteiger partial charge in [0.2, 0.25) is 0 Å². The summed E-state index contributed by atoms with van der Waals surface area (Å²) in [5.74, 6) is 1.14. The largest absolute Gasteiger partial charge is 0.366 e. The molecule has 0 aromatic heterocycles. The summed E-state index contributed by atoms with van der Waals surface area (Å²) >= 11 is 0. The average molecular weight is 168 g/mol. The summed E-state index contributed by atoms with van der Waals surface area (Å²) < 4.78 is 5.50. The number of ether oxygens (including phenoxy) is 1. The highest BCUT2D eigenvalue weighted by Gasteiger charge is 2.58. The van der Waals surface area contributed by atoms with E-state index >= 15 is 0 Å². The first-order valence-corrected chi connectivity index (χ1v) is 4.73. The molecule has 0 N–H and O–H groups in total. The number of ketones is 1. The van der Waals surface area contributed by atoms with Crippen LogP contribution in [-0.2, 0) is 9.53 Å².